The summed E-state index contributed by atoms with van der Waals surface area (Å²) in [5, 5.41) is 0. The first-order valence-electron chi connectivity index (χ1n) is 6.68. The van der Waals surface area contributed by atoms with Crippen molar-refractivity contribution in [2.45, 2.75) is 32.7 Å². The molecule has 0 N–H and O–H groups in total. The van der Waals surface area contributed by atoms with E-state index in [4.69, 9.17) is 4.74 Å². The van der Waals surface area contributed by atoms with Crippen LogP contribution in [0.3, 0.4) is 0 Å². The van der Waals surface area contributed by atoms with Crippen LogP contribution in [0.5, 0.6) is 5.75 Å². The zero-order valence-electron chi connectivity index (χ0n) is 11.4. The highest BCUT2D eigenvalue weighted by Gasteiger charge is 2.33. The van der Waals surface area contributed by atoms with E-state index in [0.29, 0.717) is 24.5 Å². The first-order valence-corrected chi connectivity index (χ1v) is 6.68. The standard InChI is InChI=1S/C15H19NO3/c1-3-19-14-9-5-4-7-12(14)15(18)16-10-6-8-13(16)11(2)17/h4-5,7,9,13H,3,6,8,10H2,1-2H3/t13-/m0/s1. The van der Waals surface area contributed by atoms with Gasteiger partial charge in [0.1, 0.15) is 5.75 Å². The van der Waals surface area contributed by atoms with E-state index in [1.165, 1.54) is 0 Å². The van der Waals surface area contributed by atoms with Crippen LogP contribution in [0.25, 0.3) is 0 Å². The van der Waals surface area contributed by atoms with Crippen LogP contribution in [0.2, 0.25) is 0 Å². The molecule has 0 radical (unpaired) electrons. The summed E-state index contributed by atoms with van der Waals surface area (Å²) in [4.78, 5) is 25.8. The van der Waals surface area contributed by atoms with Crippen molar-refractivity contribution in [1.82, 2.24) is 4.90 Å². The Morgan fingerprint density at radius 3 is 2.79 bits per heavy atom. The molecule has 0 aromatic heterocycles. The highest BCUT2D eigenvalue weighted by Crippen LogP contribution is 2.25. The first kappa shape index (κ1) is 13.6. The van der Waals surface area contributed by atoms with Gasteiger partial charge in [0.15, 0.2) is 5.78 Å². The van der Waals surface area contributed by atoms with Gasteiger partial charge in [0.25, 0.3) is 5.91 Å². The predicted octanol–water partition coefficient (Wildman–Crippen LogP) is 2.28. The Labute approximate surface area is 113 Å². The molecule has 4 heteroatoms. The van der Waals surface area contributed by atoms with Crippen molar-refractivity contribution < 1.29 is 14.3 Å². The predicted molar refractivity (Wildman–Crippen MR) is 72.4 cm³/mol. The van der Waals surface area contributed by atoms with E-state index in [0.717, 1.165) is 12.8 Å². The van der Waals surface area contributed by atoms with Gasteiger partial charge in [-0.25, -0.2) is 0 Å². The number of rotatable bonds is 4. The first-order chi connectivity index (χ1) is 9.15. The summed E-state index contributed by atoms with van der Waals surface area (Å²) in [6, 6.07) is 6.92. The largest absolute Gasteiger partial charge is 0.493 e. The van der Waals surface area contributed by atoms with Crippen molar-refractivity contribution in [2.75, 3.05) is 13.2 Å². The Morgan fingerprint density at radius 1 is 1.37 bits per heavy atom. The molecule has 0 bridgehead atoms. The number of hydrogen-bond acceptors (Lipinski definition) is 3. The molecule has 102 valence electrons. The van der Waals surface area contributed by atoms with Crippen LogP contribution in [0, 0.1) is 0 Å². The number of amides is 1. The summed E-state index contributed by atoms with van der Waals surface area (Å²) in [7, 11) is 0. The van der Waals surface area contributed by atoms with Gasteiger partial charge in [-0.1, -0.05) is 12.1 Å². The van der Waals surface area contributed by atoms with E-state index in [1.807, 2.05) is 19.1 Å². The minimum Gasteiger partial charge on any atom is -0.493 e. The van der Waals surface area contributed by atoms with Gasteiger partial charge in [0.05, 0.1) is 18.2 Å². The van der Waals surface area contributed by atoms with E-state index in [-0.39, 0.29) is 17.7 Å². The lowest BCUT2D eigenvalue weighted by atomic mass is 10.1. The fourth-order valence-corrected chi connectivity index (χ4v) is 2.51. The Hall–Kier alpha value is -1.84. The Morgan fingerprint density at radius 2 is 2.11 bits per heavy atom. The lowest BCUT2D eigenvalue weighted by molar-refractivity contribution is -0.120. The normalized spacial score (nSPS) is 18.4. The molecule has 0 spiro atoms. The number of ketones is 1. The van der Waals surface area contributed by atoms with Crippen LogP contribution in [0.15, 0.2) is 24.3 Å². The van der Waals surface area contributed by atoms with Crippen LogP contribution >= 0.6 is 0 Å². The maximum Gasteiger partial charge on any atom is 0.258 e. The number of carbonyl (C=O) groups excluding carboxylic acids is 2. The minimum absolute atomic E-state index is 0.0553. The number of likely N-dealkylation sites (tertiary alicyclic amines) is 1. The summed E-state index contributed by atoms with van der Waals surface area (Å²) in [6.45, 7) is 4.59. The minimum atomic E-state index is -0.276. The van der Waals surface area contributed by atoms with Gasteiger partial charge >= 0.3 is 0 Å². The number of ether oxygens (including phenoxy) is 1. The molecule has 0 unspecified atom stereocenters. The second-order valence-corrected chi connectivity index (χ2v) is 4.70. The van der Waals surface area contributed by atoms with Crippen LogP contribution in [0.1, 0.15) is 37.0 Å². The molecule has 19 heavy (non-hydrogen) atoms. The van der Waals surface area contributed by atoms with Crippen LogP contribution in [-0.4, -0.2) is 35.8 Å². The number of para-hydroxylation sites is 1. The van der Waals surface area contributed by atoms with Crippen molar-refractivity contribution in [3.8, 4) is 5.75 Å². The smallest absolute Gasteiger partial charge is 0.258 e. The Bertz CT molecular complexity index is 484. The van der Waals surface area contributed by atoms with E-state index >= 15 is 0 Å². The third-order valence-electron chi connectivity index (χ3n) is 3.40. The molecule has 2 rings (SSSR count). The maximum absolute atomic E-state index is 12.6. The van der Waals surface area contributed by atoms with Crippen molar-refractivity contribution in [1.29, 1.82) is 0 Å². The highest BCUT2D eigenvalue weighted by molar-refractivity contribution is 6.00. The number of nitrogens with zero attached hydrogens (tertiary/aromatic N) is 1. The van der Waals surface area contributed by atoms with E-state index < -0.39 is 0 Å². The molecular formula is C15H19NO3. The van der Waals surface area contributed by atoms with Crippen molar-refractivity contribution in [2.24, 2.45) is 0 Å². The molecule has 1 aromatic rings. The van der Waals surface area contributed by atoms with Crippen molar-refractivity contribution in [3.63, 3.8) is 0 Å². The lowest BCUT2D eigenvalue weighted by Crippen LogP contribution is -2.39. The number of carbonyl (C=O) groups is 2. The van der Waals surface area contributed by atoms with Gasteiger partial charge in [-0.05, 0) is 38.8 Å². The molecule has 1 aromatic carbocycles. The highest BCUT2D eigenvalue weighted by atomic mass is 16.5. The zero-order valence-corrected chi connectivity index (χ0v) is 11.4. The molecule has 4 nitrogen and oxygen atoms in total. The molecule has 1 aliphatic heterocycles. The second-order valence-electron chi connectivity index (χ2n) is 4.70. The molecule has 0 aliphatic carbocycles. The summed E-state index contributed by atoms with van der Waals surface area (Å²) in [5.74, 6) is 0.533. The summed E-state index contributed by atoms with van der Waals surface area (Å²) >= 11 is 0. The average molecular weight is 261 g/mol. The van der Waals surface area contributed by atoms with Crippen molar-refractivity contribution >= 4 is 11.7 Å². The molecule has 1 saturated heterocycles. The lowest BCUT2D eigenvalue weighted by Gasteiger charge is -2.23. The fourth-order valence-electron chi connectivity index (χ4n) is 2.51. The van der Waals surface area contributed by atoms with Crippen LogP contribution in [-0.2, 0) is 4.79 Å². The molecule has 1 heterocycles. The second kappa shape index (κ2) is 5.87. The molecule has 1 aliphatic rings. The topological polar surface area (TPSA) is 46.6 Å². The van der Waals surface area contributed by atoms with E-state index in [9.17, 15) is 9.59 Å². The summed E-state index contributed by atoms with van der Waals surface area (Å²) in [5.41, 5.74) is 0.539. The third kappa shape index (κ3) is 2.78. The van der Waals surface area contributed by atoms with Gasteiger partial charge in [0.2, 0.25) is 0 Å². The van der Waals surface area contributed by atoms with E-state index in [1.54, 1.807) is 24.0 Å². The van der Waals surface area contributed by atoms with Gasteiger partial charge < -0.3 is 9.64 Å². The number of benzene rings is 1. The number of hydrogen-bond donors (Lipinski definition) is 0. The Kier molecular flexibility index (Phi) is 4.20. The fraction of sp³-hybridized carbons (Fsp3) is 0.467. The summed E-state index contributed by atoms with van der Waals surface area (Å²) in [6.07, 6.45) is 1.64. The quantitative estimate of drug-likeness (QED) is 0.835. The zero-order chi connectivity index (χ0) is 13.8. The summed E-state index contributed by atoms with van der Waals surface area (Å²) < 4.78 is 5.48. The van der Waals surface area contributed by atoms with Gasteiger partial charge in [0, 0.05) is 6.54 Å². The van der Waals surface area contributed by atoms with Gasteiger partial charge in [-0.15, -0.1) is 0 Å². The maximum atomic E-state index is 12.6. The van der Waals surface area contributed by atoms with Crippen molar-refractivity contribution in [3.05, 3.63) is 29.8 Å². The van der Waals surface area contributed by atoms with Gasteiger partial charge in [-0.2, -0.15) is 0 Å². The van der Waals surface area contributed by atoms with E-state index in [2.05, 4.69) is 0 Å². The average Bonchev–Trinajstić information content (AvgIpc) is 2.88. The molecule has 1 amide bonds. The molecule has 1 fully saturated rings. The number of Topliss-reactive ketones (excluding diaryl/α,β-unsaturated/α-hetero) is 1. The molecule has 0 saturated carbocycles. The SMILES string of the molecule is CCOc1ccccc1C(=O)N1CCC[C@H]1C(C)=O. The van der Waals surface area contributed by atoms with Crippen LogP contribution < -0.4 is 4.74 Å². The molecule has 1 atom stereocenters. The Balaban J connectivity index is 2.26. The monoisotopic (exact) mass is 261 g/mol. The third-order valence-corrected chi connectivity index (χ3v) is 3.40. The van der Waals surface area contributed by atoms with Crippen LogP contribution in [0.4, 0.5) is 0 Å². The van der Waals surface area contributed by atoms with Gasteiger partial charge in [-0.3, -0.25) is 9.59 Å². The molecular weight excluding hydrogens is 242 g/mol.